The molecule has 0 aliphatic rings. The van der Waals surface area contributed by atoms with Crippen LogP contribution in [0.3, 0.4) is 0 Å². The van der Waals surface area contributed by atoms with Gasteiger partial charge in [0.05, 0.1) is 22.9 Å². The molecule has 0 amide bonds. The highest BCUT2D eigenvalue weighted by Crippen LogP contribution is 2.32. The van der Waals surface area contributed by atoms with E-state index in [9.17, 15) is 4.39 Å². The van der Waals surface area contributed by atoms with Crippen molar-refractivity contribution >= 4 is 16.7 Å². The highest BCUT2D eigenvalue weighted by molar-refractivity contribution is 5.94. The summed E-state index contributed by atoms with van der Waals surface area (Å²) >= 11 is 0. The number of aromatic amines is 2. The number of nitrogens with zero attached hydrogens (tertiary/aromatic N) is 2. The van der Waals surface area contributed by atoms with Crippen LogP contribution in [0.1, 0.15) is 39.5 Å². The number of allylic oxidation sites excluding steroid dienone is 1. The van der Waals surface area contributed by atoms with Crippen molar-refractivity contribution in [1.29, 1.82) is 0 Å². The molecule has 0 saturated heterocycles. The number of rotatable bonds is 9. The van der Waals surface area contributed by atoms with E-state index in [0.29, 0.717) is 11.7 Å². The third-order valence-corrected chi connectivity index (χ3v) is 5.59. The Morgan fingerprint density at radius 1 is 1.13 bits per heavy atom. The largest absolute Gasteiger partial charge is 0.356 e. The molecule has 0 saturated carbocycles. The maximum atomic E-state index is 13.8. The zero-order valence-corrected chi connectivity index (χ0v) is 18.0. The van der Waals surface area contributed by atoms with Gasteiger partial charge < -0.3 is 10.3 Å². The van der Waals surface area contributed by atoms with Crippen LogP contribution in [-0.2, 0) is 0 Å². The lowest BCUT2D eigenvalue weighted by Crippen LogP contribution is -2.11. The number of benzene rings is 2. The molecule has 2 aromatic carbocycles. The fraction of sp³-hybridized carbons (Fsp3) is 0.280. The van der Waals surface area contributed by atoms with Gasteiger partial charge in [0.25, 0.3) is 0 Å². The number of H-pyrrole nitrogens is 2. The molecule has 3 N–H and O–H groups in total. The van der Waals surface area contributed by atoms with Gasteiger partial charge in [-0.2, -0.15) is 5.10 Å². The molecule has 0 aliphatic heterocycles. The smallest absolute Gasteiger partial charge is 0.158 e. The molecule has 31 heavy (non-hydrogen) atoms. The number of hydrogen-bond donors (Lipinski definition) is 3. The first kappa shape index (κ1) is 20.8. The van der Waals surface area contributed by atoms with E-state index in [-0.39, 0.29) is 5.82 Å². The maximum absolute atomic E-state index is 13.8. The van der Waals surface area contributed by atoms with E-state index in [1.54, 1.807) is 12.3 Å². The summed E-state index contributed by atoms with van der Waals surface area (Å²) in [4.78, 5) is 8.20. The predicted molar refractivity (Wildman–Crippen MR) is 125 cm³/mol. The summed E-state index contributed by atoms with van der Waals surface area (Å²) in [5.74, 6) is 0.833. The first-order chi connectivity index (χ1) is 15.1. The van der Waals surface area contributed by atoms with Crippen molar-refractivity contribution < 1.29 is 4.39 Å². The van der Waals surface area contributed by atoms with Gasteiger partial charge in [-0.05, 0) is 42.5 Å². The predicted octanol–water partition coefficient (Wildman–Crippen LogP) is 6.90. The average molecular weight is 418 g/mol. The van der Waals surface area contributed by atoms with Crippen molar-refractivity contribution in [3.8, 4) is 22.6 Å². The zero-order valence-electron chi connectivity index (χ0n) is 18.0. The second-order valence-corrected chi connectivity index (χ2v) is 7.88. The summed E-state index contributed by atoms with van der Waals surface area (Å²) in [6.07, 6.45) is 6.21. The van der Waals surface area contributed by atoms with Crippen LogP contribution in [0.15, 0.2) is 60.9 Å². The van der Waals surface area contributed by atoms with E-state index in [1.807, 2.05) is 24.3 Å². The van der Waals surface area contributed by atoms with Crippen molar-refractivity contribution in [2.24, 2.45) is 5.92 Å². The Balaban J connectivity index is 1.67. The summed E-state index contributed by atoms with van der Waals surface area (Å²) in [7, 11) is 0. The molecule has 0 atom stereocenters. The van der Waals surface area contributed by atoms with Gasteiger partial charge in [0.2, 0.25) is 0 Å². The Labute approximate surface area is 181 Å². The number of aromatic nitrogens is 4. The van der Waals surface area contributed by atoms with Crippen LogP contribution in [-0.4, -0.2) is 20.2 Å². The fourth-order valence-corrected chi connectivity index (χ4v) is 4.07. The normalized spacial score (nSPS) is 11.4. The highest BCUT2D eigenvalue weighted by Gasteiger charge is 2.17. The quantitative estimate of drug-likeness (QED) is 0.277. The highest BCUT2D eigenvalue weighted by atomic mass is 19.1. The Bertz CT molecular complexity index is 1180. The summed E-state index contributed by atoms with van der Waals surface area (Å²) in [6, 6.07) is 12.4. The van der Waals surface area contributed by atoms with E-state index in [1.165, 1.54) is 12.1 Å². The number of imidazole rings is 1. The lowest BCUT2D eigenvalue weighted by molar-refractivity contribution is 0.508. The molecule has 0 bridgehead atoms. The summed E-state index contributed by atoms with van der Waals surface area (Å²) in [6.45, 7) is 8.68. The van der Waals surface area contributed by atoms with Gasteiger partial charge in [-0.3, -0.25) is 5.10 Å². The van der Waals surface area contributed by atoms with Crippen molar-refractivity contribution in [3.05, 3.63) is 66.8 Å². The van der Waals surface area contributed by atoms with Crippen LogP contribution in [0.5, 0.6) is 0 Å². The van der Waals surface area contributed by atoms with Crippen molar-refractivity contribution in [2.75, 3.05) is 5.32 Å². The van der Waals surface area contributed by atoms with Gasteiger partial charge in [0.15, 0.2) is 5.82 Å². The molecule has 5 nitrogen and oxygen atoms in total. The van der Waals surface area contributed by atoms with E-state index < -0.39 is 0 Å². The monoisotopic (exact) mass is 417 g/mol. The van der Waals surface area contributed by atoms with Crippen LogP contribution < -0.4 is 5.32 Å². The van der Waals surface area contributed by atoms with Gasteiger partial charge >= 0.3 is 0 Å². The van der Waals surface area contributed by atoms with Crippen molar-refractivity contribution in [1.82, 2.24) is 20.2 Å². The number of anilines is 1. The number of halogens is 1. The van der Waals surface area contributed by atoms with Crippen LogP contribution in [0, 0.1) is 11.7 Å². The van der Waals surface area contributed by atoms with Gasteiger partial charge in [0, 0.05) is 11.3 Å². The Kier molecular flexibility index (Phi) is 6.16. The summed E-state index contributed by atoms with van der Waals surface area (Å²) in [5, 5.41) is 10.7. The minimum Gasteiger partial charge on any atom is -0.356 e. The van der Waals surface area contributed by atoms with E-state index in [4.69, 9.17) is 4.98 Å². The third kappa shape index (κ3) is 4.38. The Morgan fingerprint density at radius 3 is 2.65 bits per heavy atom. The summed E-state index contributed by atoms with van der Waals surface area (Å²) in [5.41, 5.74) is 5.96. The molecule has 4 aromatic rings. The molecule has 0 aliphatic carbocycles. The lowest BCUT2D eigenvalue weighted by Gasteiger charge is -2.19. The van der Waals surface area contributed by atoms with Gasteiger partial charge in [-0.15, -0.1) is 0 Å². The topological polar surface area (TPSA) is 69.4 Å². The second-order valence-electron chi connectivity index (χ2n) is 7.88. The molecular formula is C25H28FN5. The number of fused-ring (bicyclic) bond motifs is 1. The Hall–Kier alpha value is -3.41. The maximum Gasteiger partial charge on any atom is 0.158 e. The van der Waals surface area contributed by atoms with E-state index >= 15 is 0 Å². The first-order valence-corrected chi connectivity index (χ1v) is 10.8. The third-order valence-electron chi connectivity index (χ3n) is 5.59. The Morgan fingerprint density at radius 2 is 1.90 bits per heavy atom. The molecule has 0 fully saturated rings. The minimum absolute atomic E-state index is 0.266. The lowest BCUT2D eigenvalue weighted by atomic mass is 9.95. The van der Waals surface area contributed by atoms with Crippen molar-refractivity contribution in [2.45, 2.75) is 39.5 Å². The van der Waals surface area contributed by atoms with Gasteiger partial charge in [0.1, 0.15) is 11.5 Å². The van der Waals surface area contributed by atoms with E-state index in [2.05, 4.69) is 40.9 Å². The van der Waals surface area contributed by atoms with Crippen LogP contribution >= 0.6 is 0 Å². The first-order valence-electron chi connectivity index (χ1n) is 10.8. The minimum atomic E-state index is -0.266. The second kappa shape index (κ2) is 9.16. The zero-order chi connectivity index (χ0) is 21.8. The van der Waals surface area contributed by atoms with Gasteiger partial charge in [-0.25, -0.2) is 9.37 Å². The van der Waals surface area contributed by atoms with E-state index in [0.717, 1.165) is 64.9 Å². The molecule has 6 heteroatoms. The van der Waals surface area contributed by atoms with Crippen molar-refractivity contribution in [3.63, 3.8) is 0 Å². The number of para-hydroxylation sites is 1. The van der Waals surface area contributed by atoms with Crippen LogP contribution in [0.25, 0.3) is 33.7 Å². The fourth-order valence-electron chi connectivity index (χ4n) is 4.07. The molecule has 0 unspecified atom stereocenters. The standard InChI is InChI=1S/C25H28FN5/c1-4-8-17(9-5-2)16(3)28-22-15-27-31-24(22)25-29-21-13-7-12-20(23(21)30-25)18-10-6-11-19(26)14-18/h6-7,10-15,17,28H,3-5,8-9H2,1-2H3,(H,27,31)(H,29,30). The average Bonchev–Trinajstić information content (AvgIpc) is 3.39. The molecule has 160 valence electrons. The molecule has 0 radical (unpaired) electrons. The number of nitrogens with one attached hydrogen (secondary N) is 3. The van der Waals surface area contributed by atoms with Crippen LogP contribution in [0.2, 0.25) is 0 Å². The molecule has 2 heterocycles. The molecule has 2 aromatic heterocycles. The van der Waals surface area contributed by atoms with Crippen LogP contribution in [0.4, 0.5) is 10.1 Å². The molecular weight excluding hydrogens is 389 g/mol. The SMILES string of the molecule is C=C(Nc1cn[nH]c1-c1nc2c(-c3cccc(F)c3)cccc2[nH]1)C(CCC)CCC. The number of hydrogen-bond acceptors (Lipinski definition) is 3. The molecule has 0 spiro atoms. The molecule has 4 rings (SSSR count). The summed E-state index contributed by atoms with van der Waals surface area (Å²) < 4.78 is 13.8. The van der Waals surface area contributed by atoms with Gasteiger partial charge in [-0.1, -0.05) is 57.5 Å².